The molecule has 0 aliphatic carbocycles. The summed E-state index contributed by atoms with van der Waals surface area (Å²) in [6.45, 7) is 1.61. The van der Waals surface area contributed by atoms with Gasteiger partial charge in [0.25, 0.3) is 5.91 Å². The number of H-pyrrole nitrogens is 1. The Morgan fingerprint density at radius 2 is 2.13 bits per heavy atom. The molecule has 31 heavy (non-hydrogen) atoms. The molecule has 0 bridgehead atoms. The summed E-state index contributed by atoms with van der Waals surface area (Å²) in [5.74, 6) is 0.439. The Bertz CT molecular complexity index is 1140. The number of nitrogens with zero attached hydrogens (tertiary/aromatic N) is 6. The molecular weight excluding hydrogens is 412 g/mol. The molecule has 2 N–H and O–H groups in total. The first-order valence-corrected chi connectivity index (χ1v) is 11.1. The molecule has 4 heterocycles. The molecule has 3 aromatic heterocycles. The summed E-state index contributed by atoms with van der Waals surface area (Å²) in [5, 5.41) is 19.5. The van der Waals surface area contributed by atoms with Crippen molar-refractivity contribution < 1.29 is 4.79 Å². The largest absolute Gasteiger partial charge is 0.363 e. The number of rotatable bonds is 7. The lowest BCUT2D eigenvalue weighted by molar-refractivity contribution is 0.101. The van der Waals surface area contributed by atoms with Crippen molar-refractivity contribution >= 4 is 28.1 Å². The van der Waals surface area contributed by atoms with Gasteiger partial charge in [-0.3, -0.25) is 10.1 Å². The Hall–Kier alpha value is -3.53. The number of carbonyl (C=O) groups is 1. The summed E-state index contributed by atoms with van der Waals surface area (Å²) < 4.78 is 1.88. The fraction of sp³-hybridized carbons (Fsp3) is 0.286. The lowest BCUT2D eigenvalue weighted by atomic mass is 10.1. The Balaban J connectivity index is 1.26. The third-order valence-corrected chi connectivity index (χ3v) is 6.23. The van der Waals surface area contributed by atoms with Crippen LogP contribution in [0, 0.1) is 0 Å². The third-order valence-electron chi connectivity index (χ3n) is 5.45. The van der Waals surface area contributed by atoms with Crippen LogP contribution in [-0.4, -0.2) is 42.6 Å². The van der Waals surface area contributed by atoms with Crippen molar-refractivity contribution in [2.45, 2.75) is 31.8 Å². The number of tetrazole rings is 1. The summed E-state index contributed by atoms with van der Waals surface area (Å²) >= 11 is 1.47. The Kier molecular flexibility index (Phi) is 5.44. The van der Waals surface area contributed by atoms with E-state index in [0.29, 0.717) is 29.6 Å². The molecule has 1 fully saturated rings. The minimum Gasteiger partial charge on any atom is -0.363 e. The van der Waals surface area contributed by atoms with Gasteiger partial charge in [0.15, 0.2) is 11.0 Å². The molecule has 1 aromatic carbocycles. The normalized spacial score (nSPS) is 16.0. The van der Waals surface area contributed by atoms with Crippen molar-refractivity contribution in [3.05, 3.63) is 71.3 Å². The summed E-state index contributed by atoms with van der Waals surface area (Å²) in [6, 6.07) is 14.3. The summed E-state index contributed by atoms with van der Waals surface area (Å²) in [5.41, 5.74) is 2.80. The molecule has 9 nitrogen and oxygen atoms in total. The van der Waals surface area contributed by atoms with Gasteiger partial charge in [0.05, 0.1) is 11.7 Å². The fourth-order valence-corrected chi connectivity index (χ4v) is 4.74. The summed E-state index contributed by atoms with van der Waals surface area (Å²) in [4.78, 5) is 20.0. The van der Waals surface area contributed by atoms with Gasteiger partial charge in [0, 0.05) is 36.8 Å². The van der Waals surface area contributed by atoms with E-state index in [2.05, 4.69) is 60.5 Å². The average Bonchev–Trinajstić information content (AvgIpc) is 3.60. The first kappa shape index (κ1) is 19.4. The zero-order valence-corrected chi connectivity index (χ0v) is 17.6. The molecular formula is C21H22N8OS. The summed E-state index contributed by atoms with van der Waals surface area (Å²) in [6.07, 6.45) is 4.65. The topological polar surface area (TPSA) is 105 Å². The highest BCUT2D eigenvalue weighted by atomic mass is 32.1. The van der Waals surface area contributed by atoms with Crippen LogP contribution in [0.1, 0.15) is 40.9 Å². The lowest BCUT2D eigenvalue weighted by Gasteiger charge is -2.25. The van der Waals surface area contributed by atoms with Crippen LogP contribution in [-0.2, 0) is 13.0 Å². The van der Waals surface area contributed by atoms with Gasteiger partial charge in [-0.1, -0.05) is 23.4 Å². The molecule has 0 saturated carbocycles. The second-order valence-corrected chi connectivity index (χ2v) is 8.24. The predicted molar refractivity (Wildman–Crippen MR) is 118 cm³/mol. The molecule has 0 unspecified atom stereocenters. The summed E-state index contributed by atoms with van der Waals surface area (Å²) in [7, 11) is 0. The van der Waals surface area contributed by atoms with Crippen LogP contribution in [0.25, 0.3) is 0 Å². The van der Waals surface area contributed by atoms with Gasteiger partial charge >= 0.3 is 0 Å². The second-order valence-electron chi connectivity index (χ2n) is 7.38. The van der Waals surface area contributed by atoms with Gasteiger partial charge < -0.3 is 9.47 Å². The van der Waals surface area contributed by atoms with Gasteiger partial charge in [-0.2, -0.15) is 5.21 Å². The van der Waals surface area contributed by atoms with Crippen molar-refractivity contribution in [2.75, 3.05) is 16.8 Å². The van der Waals surface area contributed by atoms with E-state index in [4.69, 9.17) is 4.98 Å². The highest BCUT2D eigenvalue weighted by Crippen LogP contribution is 2.37. The van der Waals surface area contributed by atoms with Crippen LogP contribution in [0.15, 0.2) is 54.0 Å². The Morgan fingerprint density at radius 3 is 2.97 bits per heavy atom. The SMILES string of the molecule is O=C(Nc1nc([C@H]2CCCN2c2ccccc2)cs1)c1cccn1CCc1nn[nH]n1. The quantitative estimate of drug-likeness (QED) is 0.462. The molecule has 1 atom stereocenters. The van der Waals surface area contributed by atoms with Crippen LogP contribution in [0.3, 0.4) is 0 Å². The molecule has 1 aliphatic rings. The molecule has 0 spiro atoms. The van der Waals surface area contributed by atoms with E-state index in [1.807, 2.05) is 22.9 Å². The van der Waals surface area contributed by atoms with Crippen molar-refractivity contribution in [1.82, 2.24) is 30.2 Å². The number of aromatic nitrogens is 6. The van der Waals surface area contributed by atoms with Crippen LogP contribution in [0.4, 0.5) is 10.8 Å². The maximum atomic E-state index is 12.8. The van der Waals surface area contributed by atoms with E-state index in [9.17, 15) is 4.79 Å². The third kappa shape index (κ3) is 4.19. The van der Waals surface area contributed by atoms with Crippen LogP contribution in [0.2, 0.25) is 0 Å². The molecule has 158 valence electrons. The van der Waals surface area contributed by atoms with E-state index in [1.54, 1.807) is 6.07 Å². The monoisotopic (exact) mass is 434 g/mol. The molecule has 10 heteroatoms. The number of amides is 1. The number of para-hydroxylation sites is 1. The zero-order chi connectivity index (χ0) is 21.0. The number of carbonyl (C=O) groups excluding carboxylic acids is 1. The van der Waals surface area contributed by atoms with Crippen LogP contribution in [0.5, 0.6) is 0 Å². The molecule has 0 radical (unpaired) electrons. The maximum Gasteiger partial charge on any atom is 0.274 e. The van der Waals surface area contributed by atoms with Crippen molar-refractivity contribution in [1.29, 1.82) is 0 Å². The number of nitrogens with one attached hydrogen (secondary N) is 2. The van der Waals surface area contributed by atoms with Gasteiger partial charge in [-0.05, 0) is 37.1 Å². The van der Waals surface area contributed by atoms with Gasteiger partial charge in [0.1, 0.15) is 5.69 Å². The first-order valence-electron chi connectivity index (χ1n) is 10.2. The standard InChI is InChI=1S/C21H22N8OS/c30-20(18-9-4-11-28(18)13-10-19-24-26-27-25-19)23-21-22-16(14-31-21)17-8-5-12-29(17)15-6-2-1-3-7-15/h1-4,6-7,9,11,14,17H,5,8,10,12-13H2,(H,22,23,30)(H,24,25,26,27)/t17-/m1/s1. The van der Waals surface area contributed by atoms with Crippen LogP contribution < -0.4 is 10.2 Å². The van der Waals surface area contributed by atoms with Crippen LogP contribution >= 0.6 is 11.3 Å². The van der Waals surface area contributed by atoms with Crippen molar-refractivity contribution in [3.63, 3.8) is 0 Å². The van der Waals surface area contributed by atoms with Gasteiger partial charge in [0.2, 0.25) is 0 Å². The molecule has 1 aliphatic heterocycles. The number of hydrogen-bond acceptors (Lipinski definition) is 7. The number of aromatic amines is 1. The highest BCUT2D eigenvalue weighted by molar-refractivity contribution is 7.14. The number of anilines is 2. The first-order chi connectivity index (χ1) is 15.3. The predicted octanol–water partition coefficient (Wildman–Crippen LogP) is 3.29. The maximum absolute atomic E-state index is 12.8. The van der Waals surface area contributed by atoms with E-state index in [1.165, 1.54) is 17.0 Å². The van der Waals surface area contributed by atoms with E-state index in [0.717, 1.165) is 25.1 Å². The zero-order valence-electron chi connectivity index (χ0n) is 16.8. The fourth-order valence-electron chi connectivity index (χ4n) is 3.98. The minimum absolute atomic E-state index is 0.176. The molecule has 4 aromatic rings. The van der Waals surface area contributed by atoms with Gasteiger partial charge in [-0.25, -0.2) is 4.98 Å². The van der Waals surface area contributed by atoms with Crippen molar-refractivity contribution in [2.24, 2.45) is 0 Å². The Labute approximate surface area is 183 Å². The lowest BCUT2D eigenvalue weighted by Crippen LogP contribution is -2.22. The number of hydrogen-bond donors (Lipinski definition) is 2. The molecule has 1 saturated heterocycles. The average molecular weight is 435 g/mol. The second kappa shape index (κ2) is 8.68. The van der Waals surface area contributed by atoms with E-state index in [-0.39, 0.29) is 11.9 Å². The number of thiazole rings is 1. The molecule has 1 amide bonds. The van der Waals surface area contributed by atoms with E-state index < -0.39 is 0 Å². The Morgan fingerprint density at radius 1 is 1.23 bits per heavy atom. The number of benzene rings is 1. The van der Waals surface area contributed by atoms with Gasteiger partial charge in [-0.15, -0.1) is 21.5 Å². The number of aryl methyl sites for hydroxylation is 2. The molecule has 5 rings (SSSR count). The highest BCUT2D eigenvalue weighted by Gasteiger charge is 2.28. The van der Waals surface area contributed by atoms with Crippen molar-refractivity contribution in [3.8, 4) is 0 Å². The smallest absolute Gasteiger partial charge is 0.274 e. The van der Waals surface area contributed by atoms with E-state index >= 15 is 0 Å². The minimum atomic E-state index is -0.176.